The number of ether oxygens (including phenoxy) is 3. The first kappa shape index (κ1) is 15.2. The van der Waals surface area contributed by atoms with E-state index in [0.29, 0.717) is 0 Å². The van der Waals surface area contributed by atoms with E-state index in [1.165, 1.54) is 6.92 Å². The minimum atomic E-state index is -0.758. The second-order valence-corrected chi connectivity index (χ2v) is 2.96. The summed E-state index contributed by atoms with van der Waals surface area (Å²) in [6, 6.07) is 0. The quantitative estimate of drug-likeness (QED) is 0.387. The van der Waals surface area contributed by atoms with Gasteiger partial charge in [0.2, 0.25) is 0 Å². The van der Waals surface area contributed by atoms with Gasteiger partial charge in [0.1, 0.15) is 0 Å². The van der Waals surface area contributed by atoms with Gasteiger partial charge in [-0.2, -0.15) is 0 Å². The molecule has 0 bridgehead atoms. The highest BCUT2D eigenvalue weighted by molar-refractivity contribution is 5.96. The molecule has 0 saturated heterocycles. The van der Waals surface area contributed by atoms with E-state index < -0.39 is 24.5 Å². The molecule has 0 aromatic heterocycles. The minimum absolute atomic E-state index is 0.0627. The molecule has 0 atom stereocenters. The molecule has 6 nitrogen and oxygen atoms in total. The Morgan fingerprint density at radius 3 is 2.12 bits per heavy atom. The van der Waals surface area contributed by atoms with Crippen LogP contribution in [0.4, 0.5) is 0 Å². The molecule has 96 valence electrons. The molecule has 0 radical (unpaired) electrons. The van der Waals surface area contributed by atoms with Gasteiger partial charge in [0, 0.05) is 11.6 Å². The zero-order chi connectivity index (χ0) is 13.3. The van der Waals surface area contributed by atoms with Crippen LogP contribution in [-0.4, -0.2) is 37.7 Å². The topological polar surface area (TPSA) is 78.9 Å². The predicted octanol–water partition coefficient (Wildman–Crippen LogP) is 0.602. The van der Waals surface area contributed by atoms with Crippen molar-refractivity contribution >= 4 is 17.9 Å². The normalized spacial score (nSPS) is 10.6. The molecule has 0 saturated carbocycles. The Labute approximate surface area is 99.5 Å². The van der Waals surface area contributed by atoms with Gasteiger partial charge in [0.15, 0.2) is 6.61 Å². The molecule has 0 amide bonds. The zero-order valence-electron chi connectivity index (χ0n) is 10.1. The van der Waals surface area contributed by atoms with Gasteiger partial charge in [-0.05, 0) is 20.8 Å². The first-order valence-corrected chi connectivity index (χ1v) is 5.19. The van der Waals surface area contributed by atoms with E-state index in [0.717, 1.165) is 6.08 Å². The molecule has 0 spiro atoms. The molecular formula is C11H16O6. The maximum Gasteiger partial charge on any atom is 0.344 e. The molecular weight excluding hydrogens is 228 g/mol. The standard InChI is InChI=1S/C11H16O6/c1-4-15-9(12)6-8(3)11(14)17-7-10(13)16-5-2/h6H,4-5,7H2,1-3H3/b8-6-. The van der Waals surface area contributed by atoms with Crippen molar-refractivity contribution in [3.05, 3.63) is 11.6 Å². The molecule has 0 N–H and O–H groups in total. The lowest BCUT2D eigenvalue weighted by Gasteiger charge is -2.04. The largest absolute Gasteiger partial charge is 0.463 e. The monoisotopic (exact) mass is 244 g/mol. The fraction of sp³-hybridized carbons (Fsp3) is 0.545. The third-order valence-corrected chi connectivity index (χ3v) is 1.57. The molecule has 6 heteroatoms. The fourth-order valence-corrected chi connectivity index (χ4v) is 0.861. The van der Waals surface area contributed by atoms with Crippen molar-refractivity contribution < 1.29 is 28.6 Å². The summed E-state index contributed by atoms with van der Waals surface area (Å²) in [7, 11) is 0. The van der Waals surface area contributed by atoms with Crippen LogP contribution in [0.5, 0.6) is 0 Å². The molecule has 0 unspecified atom stereocenters. The molecule has 0 rings (SSSR count). The van der Waals surface area contributed by atoms with Crippen LogP contribution < -0.4 is 0 Å². The second kappa shape index (κ2) is 8.32. The highest BCUT2D eigenvalue weighted by Crippen LogP contribution is 1.98. The molecule has 0 heterocycles. The molecule has 0 fully saturated rings. The summed E-state index contributed by atoms with van der Waals surface area (Å²) in [6.07, 6.45) is 1.01. The maximum atomic E-state index is 11.3. The van der Waals surface area contributed by atoms with Crippen LogP contribution in [-0.2, 0) is 28.6 Å². The van der Waals surface area contributed by atoms with Gasteiger partial charge in [-0.1, -0.05) is 0 Å². The van der Waals surface area contributed by atoms with Gasteiger partial charge < -0.3 is 14.2 Å². The van der Waals surface area contributed by atoms with Crippen LogP contribution in [0.1, 0.15) is 20.8 Å². The number of esters is 3. The Kier molecular flexibility index (Phi) is 7.41. The van der Waals surface area contributed by atoms with Crippen LogP contribution in [0.3, 0.4) is 0 Å². The van der Waals surface area contributed by atoms with Crippen LogP contribution in [0, 0.1) is 0 Å². The minimum Gasteiger partial charge on any atom is -0.463 e. The van der Waals surface area contributed by atoms with Gasteiger partial charge in [-0.3, -0.25) is 0 Å². The second-order valence-electron chi connectivity index (χ2n) is 2.96. The number of hydrogen-bond acceptors (Lipinski definition) is 6. The van der Waals surface area contributed by atoms with Crippen molar-refractivity contribution in [1.29, 1.82) is 0 Å². The summed E-state index contributed by atoms with van der Waals surface area (Å²) in [4.78, 5) is 33.2. The summed E-state index contributed by atoms with van der Waals surface area (Å²) in [5.41, 5.74) is 0.0627. The lowest BCUT2D eigenvalue weighted by atomic mass is 10.3. The summed E-state index contributed by atoms with van der Waals surface area (Å²) >= 11 is 0. The molecule has 0 aromatic carbocycles. The van der Waals surface area contributed by atoms with Gasteiger partial charge in [-0.25, -0.2) is 14.4 Å². The van der Waals surface area contributed by atoms with E-state index in [4.69, 9.17) is 0 Å². The maximum absolute atomic E-state index is 11.3. The SMILES string of the molecule is CCOC(=O)/C=C(/C)C(=O)OCC(=O)OCC. The number of hydrogen-bond donors (Lipinski definition) is 0. The molecule has 0 aliphatic carbocycles. The highest BCUT2D eigenvalue weighted by Gasteiger charge is 2.11. The van der Waals surface area contributed by atoms with Crippen LogP contribution in [0.15, 0.2) is 11.6 Å². The average molecular weight is 244 g/mol. The summed E-state index contributed by atoms with van der Waals surface area (Å²) in [6.45, 7) is 4.66. The van der Waals surface area contributed by atoms with Crippen LogP contribution in [0.2, 0.25) is 0 Å². The van der Waals surface area contributed by atoms with E-state index in [-0.39, 0.29) is 18.8 Å². The predicted molar refractivity (Wildman–Crippen MR) is 58.0 cm³/mol. The van der Waals surface area contributed by atoms with Crippen molar-refractivity contribution in [2.75, 3.05) is 19.8 Å². The first-order valence-electron chi connectivity index (χ1n) is 5.19. The van der Waals surface area contributed by atoms with Crippen molar-refractivity contribution in [2.24, 2.45) is 0 Å². The van der Waals surface area contributed by atoms with Gasteiger partial charge in [0.05, 0.1) is 13.2 Å². The van der Waals surface area contributed by atoms with Gasteiger partial charge in [-0.15, -0.1) is 0 Å². The van der Waals surface area contributed by atoms with E-state index in [1.807, 2.05) is 0 Å². The smallest absolute Gasteiger partial charge is 0.344 e. The fourth-order valence-electron chi connectivity index (χ4n) is 0.861. The zero-order valence-corrected chi connectivity index (χ0v) is 10.1. The third kappa shape index (κ3) is 7.10. The lowest BCUT2D eigenvalue weighted by molar-refractivity contribution is -0.156. The highest BCUT2D eigenvalue weighted by atomic mass is 16.6. The van der Waals surface area contributed by atoms with Gasteiger partial charge >= 0.3 is 17.9 Å². The molecule has 0 aliphatic rings. The average Bonchev–Trinajstić information content (AvgIpc) is 2.26. The number of carbonyl (C=O) groups is 3. The Morgan fingerprint density at radius 2 is 1.59 bits per heavy atom. The lowest BCUT2D eigenvalue weighted by Crippen LogP contribution is -2.17. The van der Waals surface area contributed by atoms with Crippen molar-refractivity contribution in [2.45, 2.75) is 20.8 Å². The van der Waals surface area contributed by atoms with Crippen molar-refractivity contribution in [3.63, 3.8) is 0 Å². The van der Waals surface area contributed by atoms with E-state index in [1.54, 1.807) is 13.8 Å². The third-order valence-electron chi connectivity index (χ3n) is 1.57. The Hall–Kier alpha value is -1.85. The molecule has 0 aromatic rings. The Morgan fingerprint density at radius 1 is 1.00 bits per heavy atom. The summed E-state index contributed by atoms with van der Waals surface area (Å²) in [5.74, 6) is -2.02. The van der Waals surface area contributed by atoms with Crippen molar-refractivity contribution in [3.8, 4) is 0 Å². The van der Waals surface area contributed by atoms with Crippen LogP contribution in [0.25, 0.3) is 0 Å². The Balaban J connectivity index is 4.13. The van der Waals surface area contributed by atoms with E-state index in [9.17, 15) is 14.4 Å². The van der Waals surface area contributed by atoms with E-state index in [2.05, 4.69) is 14.2 Å². The number of rotatable bonds is 6. The van der Waals surface area contributed by atoms with Crippen LogP contribution >= 0.6 is 0 Å². The number of carbonyl (C=O) groups excluding carboxylic acids is 3. The molecule has 17 heavy (non-hydrogen) atoms. The van der Waals surface area contributed by atoms with Gasteiger partial charge in [0.25, 0.3) is 0 Å². The first-order chi connectivity index (χ1) is 8.01. The van der Waals surface area contributed by atoms with E-state index >= 15 is 0 Å². The summed E-state index contributed by atoms with van der Waals surface area (Å²) < 4.78 is 13.8. The van der Waals surface area contributed by atoms with Crippen molar-refractivity contribution in [1.82, 2.24) is 0 Å². The molecule has 0 aliphatic heterocycles. The Bertz CT molecular complexity index is 318. The summed E-state index contributed by atoms with van der Waals surface area (Å²) in [5, 5.41) is 0.